The lowest BCUT2D eigenvalue weighted by atomic mass is 10.2. The van der Waals surface area contributed by atoms with Gasteiger partial charge in [-0.3, -0.25) is 0 Å². The quantitative estimate of drug-likeness (QED) is 0.736. The molecular formula is C8H7F2O2S. The fraction of sp³-hybridized carbons (Fsp3) is 0.125. The summed E-state index contributed by atoms with van der Waals surface area (Å²) in [6.07, 6.45) is 0.756. The third-order valence-corrected chi connectivity index (χ3v) is 2.28. The molecule has 5 heteroatoms. The van der Waals surface area contributed by atoms with Crippen molar-refractivity contribution in [2.45, 2.75) is 0 Å². The molecule has 0 aliphatic heterocycles. The second-order valence-corrected chi connectivity index (χ2v) is 4.46. The van der Waals surface area contributed by atoms with Crippen LogP contribution in [-0.4, -0.2) is 14.7 Å². The number of hydrogen-bond donors (Lipinski definition) is 0. The minimum atomic E-state index is -3.84. The lowest BCUT2D eigenvalue weighted by Crippen LogP contribution is -2.07. The average molecular weight is 205 g/mol. The Morgan fingerprint density at radius 3 is 2.08 bits per heavy atom. The zero-order valence-corrected chi connectivity index (χ0v) is 7.61. The van der Waals surface area contributed by atoms with Crippen molar-refractivity contribution in [2.24, 2.45) is 0 Å². The standard InChI is InChI=1S/C8H7F2O2S/c1-13(11,12)8(10)6-2-4-7(9)5-3-6/h2-5H,1H3. The van der Waals surface area contributed by atoms with Crippen molar-refractivity contribution < 1.29 is 17.2 Å². The van der Waals surface area contributed by atoms with Crippen LogP contribution in [0.5, 0.6) is 0 Å². The van der Waals surface area contributed by atoms with Crippen LogP contribution in [0.25, 0.3) is 0 Å². The van der Waals surface area contributed by atoms with E-state index in [0.29, 0.717) is 0 Å². The smallest absolute Gasteiger partial charge is 0.225 e. The lowest BCUT2D eigenvalue weighted by molar-refractivity contribution is 0.547. The van der Waals surface area contributed by atoms with Crippen LogP contribution in [0.1, 0.15) is 5.56 Å². The average Bonchev–Trinajstić information content (AvgIpc) is 2.03. The van der Waals surface area contributed by atoms with Gasteiger partial charge in [0.05, 0.1) is 0 Å². The van der Waals surface area contributed by atoms with Gasteiger partial charge in [-0.2, -0.15) is 0 Å². The number of hydrogen-bond acceptors (Lipinski definition) is 2. The van der Waals surface area contributed by atoms with Crippen LogP contribution in [0.15, 0.2) is 24.3 Å². The SMILES string of the molecule is CS(=O)(=O)[C](F)c1ccc(F)cc1. The molecule has 0 N–H and O–H groups in total. The Morgan fingerprint density at radius 1 is 1.23 bits per heavy atom. The van der Waals surface area contributed by atoms with E-state index in [-0.39, 0.29) is 5.56 Å². The highest BCUT2D eigenvalue weighted by Gasteiger charge is 2.23. The monoisotopic (exact) mass is 205 g/mol. The van der Waals surface area contributed by atoms with Gasteiger partial charge in [-0.1, -0.05) is 12.1 Å². The van der Waals surface area contributed by atoms with Crippen LogP contribution in [-0.2, 0) is 9.84 Å². The Labute approximate surface area is 75.1 Å². The van der Waals surface area contributed by atoms with Gasteiger partial charge < -0.3 is 0 Å². The van der Waals surface area contributed by atoms with Gasteiger partial charge >= 0.3 is 0 Å². The van der Waals surface area contributed by atoms with Crippen LogP contribution < -0.4 is 0 Å². The van der Waals surface area contributed by atoms with E-state index in [1.165, 1.54) is 0 Å². The predicted octanol–water partition coefficient (Wildman–Crippen LogP) is 1.68. The Balaban J connectivity index is 3.04. The number of halogens is 2. The molecule has 0 saturated carbocycles. The van der Waals surface area contributed by atoms with Crippen molar-refractivity contribution in [3.05, 3.63) is 41.1 Å². The maximum absolute atomic E-state index is 13.0. The first-order valence-corrected chi connectivity index (χ1v) is 5.29. The van der Waals surface area contributed by atoms with E-state index >= 15 is 0 Å². The lowest BCUT2D eigenvalue weighted by Gasteiger charge is -2.03. The van der Waals surface area contributed by atoms with Gasteiger partial charge in [-0.25, -0.2) is 17.2 Å². The van der Waals surface area contributed by atoms with Crippen molar-refractivity contribution in [3.63, 3.8) is 0 Å². The van der Waals surface area contributed by atoms with E-state index in [0.717, 1.165) is 30.5 Å². The molecule has 1 aromatic carbocycles. The van der Waals surface area contributed by atoms with Crippen molar-refractivity contribution in [2.75, 3.05) is 6.26 Å². The zero-order chi connectivity index (χ0) is 10.1. The summed E-state index contributed by atoms with van der Waals surface area (Å²) in [6, 6.07) is 4.15. The van der Waals surface area contributed by atoms with E-state index < -0.39 is 21.2 Å². The molecule has 0 bridgehead atoms. The summed E-state index contributed by atoms with van der Waals surface area (Å²) in [5.41, 5.74) is -1.38. The summed E-state index contributed by atoms with van der Waals surface area (Å²) in [6.45, 7) is 0. The number of benzene rings is 1. The minimum Gasteiger partial charge on any atom is -0.225 e. The number of rotatable bonds is 2. The maximum Gasteiger partial charge on any atom is 0.287 e. The molecule has 0 atom stereocenters. The molecule has 0 aromatic heterocycles. The largest absolute Gasteiger partial charge is 0.287 e. The predicted molar refractivity (Wildman–Crippen MR) is 44.7 cm³/mol. The molecule has 1 aromatic rings. The van der Waals surface area contributed by atoms with Crippen LogP contribution in [0, 0.1) is 11.3 Å². The van der Waals surface area contributed by atoms with Gasteiger partial charge in [0.1, 0.15) is 5.82 Å². The summed E-state index contributed by atoms with van der Waals surface area (Å²) in [7, 11) is -3.84. The van der Waals surface area contributed by atoms with Crippen molar-refractivity contribution >= 4 is 9.84 Å². The van der Waals surface area contributed by atoms with E-state index in [1.807, 2.05) is 0 Å². The summed E-state index contributed by atoms with van der Waals surface area (Å²) < 4.78 is 46.8. The Hall–Kier alpha value is -0.970. The molecule has 71 valence electrons. The van der Waals surface area contributed by atoms with Crippen LogP contribution in [0.4, 0.5) is 8.78 Å². The fourth-order valence-corrected chi connectivity index (χ4v) is 1.36. The Kier molecular flexibility index (Phi) is 2.66. The van der Waals surface area contributed by atoms with Gasteiger partial charge in [0.25, 0.3) is 5.50 Å². The second kappa shape index (κ2) is 3.41. The highest BCUT2D eigenvalue weighted by atomic mass is 32.2. The summed E-state index contributed by atoms with van der Waals surface area (Å²) >= 11 is 0. The molecule has 0 heterocycles. The van der Waals surface area contributed by atoms with Gasteiger partial charge in [-0.05, 0) is 12.1 Å². The molecule has 1 rings (SSSR count). The molecule has 1 radical (unpaired) electrons. The van der Waals surface area contributed by atoms with Crippen molar-refractivity contribution in [3.8, 4) is 0 Å². The van der Waals surface area contributed by atoms with E-state index in [9.17, 15) is 17.2 Å². The summed E-state index contributed by atoms with van der Waals surface area (Å²) in [4.78, 5) is 0. The minimum absolute atomic E-state index is 0.135. The van der Waals surface area contributed by atoms with Gasteiger partial charge in [0.15, 0.2) is 9.84 Å². The Bertz CT molecular complexity index is 383. The first kappa shape index (κ1) is 10.1. The first-order chi connectivity index (χ1) is 5.91. The van der Waals surface area contributed by atoms with Gasteiger partial charge in [-0.15, -0.1) is 0 Å². The summed E-state index contributed by atoms with van der Waals surface area (Å²) in [5, 5.41) is 0. The van der Waals surface area contributed by atoms with Gasteiger partial charge in [0.2, 0.25) is 0 Å². The van der Waals surface area contributed by atoms with Gasteiger partial charge in [0, 0.05) is 11.8 Å². The maximum atomic E-state index is 13.0. The first-order valence-electron chi connectivity index (χ1n) is 3.40. The molecule has 0 aliphatic carbocycles. The third kappa shape index (κ3) is 2.48. The topological polar surface area (TPSA) is 34.1 Å². The van der Waals surface area contributed by atoms with E-state index in [1.54, 1.807) is 0 Å². The van der Waals surface area contributed by atoms with Crippen molar-refractivity contribution in [1.29, 1.82) is 0 Å². The molecule has 0 spiro atoms. The van der Waals surface area contributed by atoms with E-state index in [4.69, 9.17) is 0 Å². The normalized spacial score (nSPS) is 12.0. The highest BCUT2D eigenvalue weighted by Crippen LogP contribution is 2.21. The van der Waals surface area contributed by atoms with Crippen LogP contribution in [0.2, 0.25) is 0 Å². The zero-order valence-electron chi connectivity index (χ0n) is 6.79. The second-order valence-electron chi connectivity index (χ2n) is 2.55. The highest BCUT2D eigenvalue weighted by molar-refractivity contribution is 7.93. The molecule has 0 saturated heterocycles. The van der Waals surface area contributed by atoms with Crippen LogP contribution in [0.3, 0.4) is 0 Å². The van der Waals surface area contributed by atoms with E-state index in [2.05, 4.69) is 0 Å². The summed E-state index contributed by atoms with van der Waals surface area (Å²) in [5.74, 6) is -0.537. The molecule has 0 fully saturated rings. The fourth-order valence-electron chi connectivity index (χ4n) is 0.795. The third-order valence-electron chi connectivity index (χ3n) is 1.40. The van der Waals surface area contributed by atoms with Crippen molar-refractivity contribution in [1.82, 2.24) is 0 Å². The Morgan fingerprint density at radius 2 is 1.69 bits per heavy atom. The molecule has 13 heavy (non-hydrogen) atoms. The number of sulfone groups is 1. The molecular weight excluding hydrogens is 198 g/mol. The molecule has 0 aliphatic rings. The molecule has 0 unspecified atom stereocenters. The molecule has 2 nitrogen and oxygen atoms in total. The molecule has 0 amide bonds. The van der Waals surface area contributed by atoms with Crippen LogP contribution >= 0.6 is 0 Å².